The van der Waals surface area contributed by atoms with Gasteiger partial charge in [0.2, 0.25) is 6.41 Å². The van der Waals surface area contributed by atoms with Crippen LogP contribution in [0.4, 0.5) is 4.79 Å². The zero-order chi connectivity index (χ0) is 9.56. The summed E-state index contributed by atoms with van der Waals surface area (Å²) in [6, 6.07) is -0.188. The van der Waals surface area contributed by atoms with Crippen molar-refractivity contribution in [2.75, 3.05) is 6.54 Å². The van der Waals surface area contributed by atoms with Crippen molar-refractivity contribution in [1.82, 2.24) is 10.2 Å². The SMILES string of the molecule is CCCN(C(=O)NC=O)C(C)C. The Kier molecular flexibility index (Phi) is 5.08. The molecule has 0 rings (SSSR count). The van der Waals surface area contributed by atoms with Crippen molar-refractivity contribution >= 4 is 12.4 Å². The van der Waals surface area contributed by atoms with Crippen LogP contribution in [0.15, 0.2) is 0 Å². The van der Waals surface area contributed by atoms with E-state index < -0.39 is 0 Å². The van der Waals surface area contributed by atoms with Gasteiger partial charge in [0.05, 0.1) is 0 Å². The van der Waals surface area contributed by atoms with E-state index in [1.807, 2.05) is 20.8 Å². The Bertz CT molecular complexity index is 157. The number of carbonyl (C=O) groups excluding carboxylic acids is 2. The molecule has 0 radical (unpaired) electrons. The molecule has 4 heteroatoms. The molecular weight excluding hydrogens is 156 g/mol. The molecule has 0 fully saturated rings. The maximum Gasteiger partial charge on any atom is 0.324 e. The minimum Gasteiger partial charge on any atom is -0.322 e. The fourth-order valence-electron chi connectivity index (χ4n) is 0.968. The van der Waals surface area contributed by atoms with Crippen molar-refractivity contribution in [1.29, 1.82) is 0 Å². The van der Waals surface area contributed by atoms with Crippen LogP contribution >= 0.6 is 0 Å². The van der Waals surface area contributed by atoms with Crippen LogP contribution in [0, 0.1) is 0 Å². The highest BCUT2D eigenvalue weighted by Gasteiger charge is 2.14. The fraction of sp³-hybridized carbons (Fsp3) is 0.750. The van der Waals surface area contributed by atoms with E-state index in [-0.39, 0.29) is 12.1 Å². The minimum absolute atomic E-state index is 0.130. The van der Waals surface area contributed by atoms with Crippen LogP contribution in [0.5, 0.6) is 0 Å². The van der Waals surface area contributed by atoms with Gasteiger partial charge in [-0.15, -0.1) is 0 Å². The first-order valence-corrected chi connectivity index (χ1v) is 4.14. The molecule has 0 unspecified atom stereocenters. The van der Waals surface area contributed by atoms with Crippen molar-refractivity contribution in [3.63, 3.8) is 0 Å². The first-order chi connectivity index (χ1) is 5.63. The number of nitrogens with one attached hydrogen (secondary N) is 1. The molecule has 0 heterocycles. The van der Waals surface area contributed by atoms with E-state index in [1.165, 1.54) is 0 Å². The second-order valence-corrected chi connectivity index (χ2v) is 2.85. The number of hydrogen-bond donors (Lipinski definition) is 1. The molecule has 0 aliphatic carbocycles. The highest BCUT2D eigenvalue weighted by molar-refractivity contribution is 5.84. The first kappa shape index (κ1) is 10.9. The molecular formula is C8H16N2O2. The molecule has 0 aromatic carbocycles. The highest BCUT2D eigenvalue weighted by atomic mass is 16.2. The fourth-order valence-corrected chi connectivity index (χ4v) is 0.968. The van der Waals surface area contributed by atoms with Crippen LogP contribution in [-0.2, 0) is 4.79 Å². The third-order valence-electron chi connectivity index (χ3n) is 1.53. The van der Waals surface area contributed by atoms with E-state index >= 15 is 0 Å². The summed E-state index contributed by atoms with van der Waals surface area (Å²) in [6.07, 6.45) is 1.30. The molecule has 4 nitrogen and oxygen atoms in total. The van der Waals surface area contributed by atoms with Crippen molar-refractivity contribution in [2.45, 2.75) is 33.2 Å². The van der Waals surface area contributed by atoms with Crippen LogP contribution in [0.1, 0.15) is 27.2 Å². The van der Waals surface area contributed by atoms with Gasteiger partial charge in [-0.1, -0.05) is 6.92 Å². The molecule has 0 bridgehead atoms. The van der Waals surface area contributed by atoms with Gasteiger partial charge in [0, 0.05) is 12.6 Å². The predicted octanol–water partition coefficient (Wildman–Crippen LogP) is 0.973. The Labute approximate surface area is 72.9 Å². The topological polar surface area (TPSA) is 49.4 Å². The summed E-state index contributed by atoms with van der Waals surface area (Å²) in [7, 11) is 0. The summed E-state index contributed by atoms with van der Waals surface area (Å²) in [5, 5.41) is 2.12. The molecule has 70 valence electrons. The molecule has 0 spiro atoms. The zero-order valence-corrected chi connectivity index (χ0v) is 7.83. The molecule has 0 aromatic heterocycles. The molecule has 0 atom stereocenters. The van der Waals surface area contributed by atoms with Crippen LogP contribution < -0.4 is 5.32 Å². The second-order valence-electron chi connectivity index (χ2n) is 2.85. The quantitative estimate of drug-likeness (QED) is 0.642. The Morgan fingerprint density at radius 1 is 1.58 bits per heavy atom. The van der Waals surface area contributed by atoms with Crippen molar-refractivity contribution < 1.29 is 9.59 Å². The van der Waals surface area contributed by atoms with E-state index in [9.17, 15) is 9.59 Å². The summed E-state index contributed by atoms with van der Waals surface area (Å²) >= 11 is 0. The number of amides is 3. The summed E-state index contributed by atoms with van der Waals surface area (Å²) < 4.78 is 0. The first-order valence-electron chi connectivity index (χ1n) is 4.14. The summed E-state index contributed by atoms with van der Waals surface area (Å²) in [4.78, 5) is 22.8. The molecule has 1 N–H and O–H groups in total. The van der Waals surface area contributed by atoms with Gasteiger partial charge in [-0.3, -0.25) is 10.1 Å². The number of rotatable bonds is 4. The average Bonchev–Trinajstić information content (AvgIpc) is 1.99. The van der Waals surface area contributed by atoms with E-state index in [0.717, 1.165) is 6.42 Å². The minimum atomic E-state index is -0.318. The maximum absolute atomic E-state index is 11.2. The third kappa shape index (κ3) is 3.37. The predicted molar refractivity (Wildman–Crippen MR) is 46.7 cm³/mol. The number of urea groups is 1. The Hall–Kier alpha value is -1.06. The van der Waals surface area contributed by atoms with Gasteiger partial charge >= 0.3 is 6.03 Å². The van der Waals surface area contributed by atoms with Crippen LogP contribution in [0.3, 0.4) is 0 Å². The monoisotopic (exact) mass is 172 g/mol. The van der Waals surface area contributed by atoms with Crippen molar-refractivity contribution in [3.8, 4) is 0 Å². The molecule has 12 heavy (non-hydrogen) atoms. The molecule has 0 saturated heterocycles. The van der Waals surface area contributed by atoms with Gasteiger partial charge in [0.15, 0.2) is 0 Å². The standard InChI is InChI=1S/C8H16N2O2/c1-4-5-10(7(2)3)8(12)9-6-11/h6-7H,4-5H2,1-3H3,(H,9,11,12). The number of hydrogen-bond acceptors (Lipinski definition) is 2. The van der Waals surface area contributed by atoms with Gasteiger partial charge in [-0.05, 0) is 20.3 Å². The molecule has 0 aliphatic heterocycles. The van der Waals surface area contributed by atoms with Crippen LogP contribution in [0.25, 0.3) is 0 Å². The van der Waals surface area contributed by atoms with Gasteiger partial charge in [0.25, 0.3) is 0 Å². The van der Waals surface area contributed by atoms with Gasteiger partial charge in [-0.2, -0.15) is 0 Å². The lowest BCUT2D eigenvalue weighted by Crippen LogP contribution is -2.43. The maximum atomic E-state index is 11.2. The smallest absolute Gasteiger partial charge is 0.322 e. The largest absolute Gasteiger partial charge is 0.324 e. The van der Waals surface area contributed by atoms with Crippen molar-refractivity contribution in [3.05, 3.63) is 0 Å². The van der Waals surface area contributed by atoms with Crippen LogP contribution in [0.2, 0.25) is 0 Å². The lowest BCUT2D eigenvalue weighted by Gasteiger charge is -2.25. The molecule has 0 aliphatic rings. The van der Waals surface area contributed by atoms with E-state index in [1.54, 1.807) is 4.90 Å². The lowest BCUT2D eigenvalue weighted by molar-refractivity contribution is -0.108. The Morgan fingerprint density at radius 2 is 2.17 bits per heavy atom. The summed E-state index contributed by atoms with van der Waals surface area (Å²) in [5.74, 6) is 0. The molecule has 0 saturated carbocycles. The number of carbonyl (C=O) groups is 2. The third-order valence-corrected chi connectivity index (χ3v) is 1.53. The van der Waals surface area contributed by atoms with E-state index in [4.69, 9.17) is 0 Å². The number of nitrogens with zero attached hydrogens (tertiary/aromatic N) is 1. The zero-order valence-electron chi connectivity index (χ0n) is 7.83. The van der Waals surface area contributed by atoms with Crippen LogP contribution in [-0.4, -0.2) is 29.9 Å². The van der Waals surface area contributed by atoms with E-state index in [2.05, 4.69) is 5.32 Å². The second kappa shape index (κ2) is 5.57. The Morgan fingerprint density at radius 3 is 2.50 bits per heavy atom. The lowest BCUT2D eigenvalue weighted by atomic mass is 10.3. The van der Waals surface area contributed by atoms with Gasteiger partial charge in [-0.25, -0.2) is 4.79 Å². The highest BCUT2D eigenvalue weighted by Crippen LogP contribution is 1.99. The summed E-state index contributed by atoms with van der Waals surface area (Å²) in [5.41, 5.74) is 0. The van der Waals surface area contributed by atoms with Gasteiger partial charge < -0.3 is 4.90 Å². The van der Waals surface area contributed by atoms with E-state index in [0.29, 0.717) is 13.0 Å². The number of imide groups is 1. The van der Waals surface area contributed by atoms with Crippen molar-refractivity contribution in [2.24, 2.45) is 0 Å². The summed E-state index contributed by atoms with van der Waals surface area (Å²) in [6.45, 7) is 6.50. The average molecular weight is 172 g/mol. The normalized spacial score (nSPS) is 9.67. The Balaban J connectivity index is 4.08. The molecule has 3 amide bonds. The van der Waals surface area contributed by atoms with Gasteiger partial charge in [0.1, 0.15) is 0 Å². The molecule has 0 aromatic rings.